The van der Waals surface area contributed by atoms with E-state index in [9.17, 15) is 9.90 Å². The maximum absolute atomic E-state index is 10.5. The normalized spacial score (nSPS) is 10.5. The van der Waals surface area contributed by atoms with Crippen LogP contribution in [0.25, 0.3) is 10.1 Å². The van der Waals surface area contributed by atoms with Crippen LogP contribution in [0.1, 0.15) is 9.67 Å². The number of anilines is 1. The van der Waals surface area contributed by atoms with Gasteiger partial charge in [0.15, 0.2) is 6.29 Å². The number of aldehydes is 1. The van der Waals surface area contributed by atoms with E-state index in [2.05, 4.69) is 0 Å². The molecular formula is C9H7NO2S. The zero-order valence-corrected chi connectivity index (χ0v) is 7.47. The van der Waals surface area contributed by atoms with Crippen LogP contribution in [-0.2, 0) is 0 Å². The van der Waals surface area contributed by atoms with Crippen molar-refractivity contribution in [3.63, 3.8) is 0 Å². The van der Waals surface area contributed by atoms with Gasteiger partial charge in [-0.05, 0) is 18.2 Å². The maximum Gasteiger partial charge on any atom is 0.163 e. The summed E-state index contributed by atoms with van der Waals surface area (Å²) in [5, 5.41) is 10.2. The number of hydrogen-bond donors (Lipinski definition) is 2. The summed E-state index contributed by atoms with van der Waals surface area (Å²) in [7, 11) is 0. The van der Waals surface area contributed by atoms with E-state index in [0.29, 0.717) is 22.2 Å². The highest BCUT2D eigenvalue weighted by molar-refractivity contribution is 7.21. The van der Waals surface area contributed by atoms with Crippen molar-refractivity contribution >= 4 is 33.4 Å². The molecule has 0 atom stereocenters. The van der Waals surface area contributed by atoms with Crippen LogP contribution in [0.5, 0.6) is 5.75 Å². The van der Waals surface area contributed by atoms with Gasteiger partial charge in [-0.2, -0.15) is 0 Å². The van der Waals surface area contributed by atoms with Crippen LogP contribution >= 0.6 is 11.3 Å². The average Bonchev–Trinajstić information content (AvgIpc) is 2.44. The van der Waals surface area contributed by atoms with Crippen LogP contribution in [0.15, 0.2) is 18.2 Å². The van der Waals surface area contributed by atoms with Crippen LogP contribution < -0.4 is 5.73 Å². The molecule has 1 aromatic heterocycles. The first-order valence-corrected chi connectivity index (χ1v) is 4.50. The summed E-state index contributed by atoms with van der Waals surface area (Å²) in [4.78, 5) is 10.8. The van der Waals surface area contributed by atoms with E-state index in [0.717, 1.165) is 4.70 Å². The minimum atomic E-state index is 0.0299. The molecule has 0 aliphatic heterocycles. The molecule has 66 valence electrons. The molecule has 0 saturated carbocycles. The van der Waals surface area contributed by atoms with Crippen molar-refractivity contribution < 1.29 is 9.90 Å². The summed E-state index contributed by atoms with van der Waals surface area (Å²) in [6.45, 7) is 0. The van der Waals surface area contributed by atoms with E-state index >= 15 is 0 Å². The summed E-state index contributed by atoms with van der Waals surface area (Å²) in [5.74, 6) is 0.0299. The Morgan fingerprint density at radius 2 is 2.23 bits per heavy atom. The van der Waals surface area contributed by atoms with Gasteiger partial charge in [0.2, 0.25) is 0 Å². The number of fused-ring (bicyclic) bond motifs is 1. The molecule has 0 radical (unpaired) electrons. The highest BCUT2D eigenvalue weighted by Gasteiger charge is 2.09. The molecule has 3 N–H and O–H groups in total. The average molecular weight is 193 g/mol. The van der Waals surface area contributed by atoms with Gasteiger partial charge in [0.1, 0.15) is 10.6 Å². The molecule has 0 bridgehead atoms. The van der Waals surface area contributed by atoms with E-state index in [1.165, 1.54) is 11.3 Å². The van der Waals surface area contributed by atoms with Crippen LogP contribution in [0.2, 0.25) is 0 Å². The molecule has 1 heterocycles. The highest BCUT2D eigenvalue weighted by atomic mass is 32.1. The number of carbonyl (C=O) groups is 1. The van der Waals surface area contributed by atoms with Crippen LogP contribution in [0.3, 0.4) is 0 Å². The molecule has 3 nitrogen and oxygen atoms in total. The number of rotatable bonds is 1. The van der Waals surface area contributed by atoms with Crippen molar-refractivity contribution in [1.29, 1.82) is 0 Å². The summed E-state index contributed by atoms with van der Waals surface area (Å²) < 4.78 is 0.869. The van der Waals surface area contributed by atoms with Crippen molar-refractivity contribution in [3.8, 4) is 5.75 Å². The van der Waals surface area contributed by atoms with Gasteiger partial charge in [-0.1, -0.05) is 0 Å². The SMILES string of the molecule is Nc1ccc2sc(C=O)c(O)c2c1. The predicted octanol–water partition coefficient (Wildman–Crippen LogP) is 2.00. The standard InChI is InChI=1S/C9H7NO2S/c10-5-1-2-7-6(3-5)9(12)8(4-11)13-7/h1-4,12H,10H2. The van der Waals surface area contributed by atoms with Crippen molar-refractivity contribution in [1.82, 2.24) is 0 Å². The molecule has 0 amide bonds. The first-order valence-electron chi connectivity index (χ1n) is 3.68. The minimum absolute atomic E-state index is 0.0299. The minimum Gasteiger partial charge on any atom is -0.506 e. The van der Waals surface area contributed by atoms with Crippen LogP contribution in [0, 0.1) is 0 Å². The van der Waals surface area contributed by atoms with Gasteiger partial charge in [0.05, 0.1) is 0 Å². The summed E-state index contributed by atoms with van der Waals surface area (Å²) >= 11 is 1.26. The second-order valence-corrected chi connectivity index (χ2v) is 3.77. The molecule has 0 saturated heterocycles. The predicted molar refractivity (Wildman–Crippen MR) is 53.3 cm³/mol. The largest absolute Gasteiger partial charge is 0.506 e. The molecule has 0 spiro atoms. The maximum atomic E-state index is 10.5. The summed E-state index contributed by atoms with van der Waals surface area (Å²) in [6, 6.07) is 5.20. The topological polar surface area (TPSA) is 63.3 Å². The number of hydrogen-bond acceptors (Lipinski definition) is 4. The van der Waals surface area contributed by atoms with E-state index in [4.69, 9.17) is 5.73 Å². The first kappa shape index (κ1) is 8.07. The van der Waals surface area contributed by atoms with Gasteiger partial charge < -0.3 is 10.8 Å². The summed E-state index contributed by atoms with van der Waals surface area (Å²) in [5.41, 5.74) is 6.13. The third kappa shape index (κ3) is 1.15. The number of benzene rings is 1. The molecule has 2 aromatic rings. The van der Waals surface area contributed by atoms with Gasteiger partial charge in [-0.25, -0.2) is 0 Å². The third-order valence-electron chi connectivity index (χ3n) is 1.82. The van der Waals surface area contributed by atoms with Crippen LogP contribution in [0.4, 0.5) is 5.69 Å². The Kier molecular flexibility index (Phi) is 1.70. The monoisotopic (exact) mass is 193 g/mol. The lowest BCUT2D eigenvalue weighted by Crippen LogP contribution is -1.81. The summed E-state index contributed by atoms with van der Waals surface area (Å²) in [6.07, 6.45) is 0.649. The fourth-order valence-corrected chi connectivity index (χ4v) is 2.09. The van der Waals surface area contributed by atoms with E-state index in [-0.39, 0.29) is 5.75 Å². The molecular weight excluding hydrogens is 186 g/mol. The molecule has 0 aliphatic carbocycles. The van der Waals surface area contributed by atoms with Crippen molar-refractivity contribution in [2.45, 2.75) is 0 Å². The smallest absolute Gasteiger partial charge is 0.163 e. The number of aromatic hydroxyl groups is 1. The zero-order valence-electron chi connectivity index (χ0n) is 6.65. The van der Waals surface area contributed by atoms with Crippen LogP contribution in [-0.4, -0.2) is 11.4 Å². The Balaban J connectivity index is 2.84. The molecule has 1 aromatic carbocycles. The lowest BCUT2D eigenvalue weighted by Gasteiger charge is -1.92. The van der Waals surface area contributed by atoms with Gasteiger partial charge in [0.25, 0.3) is 0 Å². The van der Waals surface area contributed by atoms with Gasteiger partial charge in [0, 0.05) is 15.8 Å². The Morgan fingerprint density at radius 1 is 1.46 bits per heavy atom. The Bertz CT molecular complexity index is 476. The number of nitrogen functional groups attached to an aromatic ring is 1. The number of nitrogens with two attached hydrogens (primary N) is 1. The van der Waals surface area contributed by atoms with Gasteiger partial charge in [-0.15, -0.1) is 11.3 Å². The quantitative estimate of drug-likeness (QED) is 0.537. The van der Waals surface area contributed by atoms with Crippen molar-refractivity contribution in [2.24, 2.45) is 0 Å². The second-order valence-electron chi connectivity index (χ2n) is 2.69. The van der Waals surface area contributed by atoms with E-state index in [1.54, 1.807) is 18.2 Å². The fraction of sp³-hybridized carbons (Fsp3) is 0. The Morgan fingerprint density at radius 3 is 2.92 bits per heavy atom. The number of thiophene rings is 1. The van der Waals surface area contributed by atoms with Crippen molar-refractivity contribution in [2.75, 3.05) is 5.73 Å². The third-order valence-corrected chi connectivity index (χ3v) is 2.90. The molecule has 0 unspecified atom stereocenters. The Hall–Kier alpha value is -1.55. The van der Waals surface area contributed by atoms with Gasteiger partial charge >= 0.3 is 0 Å². The first-order chi connectivity index (χ1) is 6.22. The second kappa shape index (κ2) is 2.74. The van der Waals surface area contributed by atoms with Crippen molar-refractivity contribution in [3.05, 3.63) is 23.1 Å². The molecule has 2 rings (SSSR count). The lowest BCUT2D eigenvalue weighted by atomic mass is 10.2. The fourth-order valence-electron chi connectivity index (χ4n) is 1.20. The lowest BCUT2D eigenvalue weighted by molar-refractivity contribution is 0.112. The molecule has 0 aliphatic rings. The zero-order chi connectivity index (χ0) is 9.42. The molecule has 13 heavy (non-hydrogen) atoms. The molecule has 0 fully saturated rings. The number of carbonyl (C=O) groups excluding carboxylic acids is 1. The van der Waals surface area contributed by atoms with Gasteiger partial charge in [-0.3, -0.25) is 4.79 Å². The van der Waals surface area contributed by atoms with E-state index in [1.807, 2.05) is 0 Å². The molecule has 4 heteroatoms. The highest BCUT2D eigenvalue weighted by Crippen LogP contribution is 2.36. The van der Waals surface area contributed by atoms with E-state index < -0.39 is 0 Å². The Labute approximate surface area is 78.4 Å².